The van der Waals surface area contributed by atoms with Crippen molar-refractivity contribution >= 4 is 12.0 Å². The molecule has 4 heteroatoms. The predicted octanol–water partition coefficient (Wildman–Crippen LogP) is 1.73. The molecule has 0 radical (unpaired) electrons. The SMILES string of the molecule is O=C(/C=C/c1cccc(F)c1)NCC1(CO)CC1. The van der Waals surface area contributed by atoms with E-state index in [4.69, 9.17) is 5.11 Å². The summed E-state index contributed by atoms with van der Waals surface area (Å²) in [4.78, 5) is 11.5. The van der Waals surface area contributed by atoms with Crippen LogP contribution < -0.4 is 5.32 Å². The number of benzene rings is 1. The second-order valence-corrected chi connectivity index (χ2v) is 4.76. The van der Waals surface area contributed by atoms with Gasteiger partial charge in [-0.25, -0.2) is 4.39 Å². The summed E-state index contributed by atoms with van der Waals surface area (Å²) in [6.07, 6.45) is 4.86. The molecule has 0 saturated heterocycles. The molecule has 1 fully saturated rings. The molecule has 18 heavy (non-hydrogen) atoms. The van der Waals surface area contributed by atoms with Gasteiger partial charge in [0, 0.05) is 18.0 Å². The molecular formula is C14H16FNO2. The highest BCUT2D eigenvalue weighted by Gasteiger charge is 2.41. The predicted molar refractivity (Wildman–Crippen MR) is 67.2 cm³/mol. The van der Waals surface area contributed by atoms with E-state index in [1.165, 1.54) is 18.2 Å². The van der Waals surface area contributed by atoms with Gasteiger partial charge in [-0.15, -0.1) is 0 Å². The Hall–Kier alpha value is -1.68. The lowest BCUT2D eigenvalue weighted by Gasteiger charge is -2.10. The van der Waals surface area contributed by atoms with Crippen molar-refractivity contribution in [3.63, 3.8) is 0 Å². The third-order valence-electron chi connectivity index (χ3n) is 3.21. The Morgan fingerprint density at radius 1 is 1.50 bits per heavy atom. The lowest BCUT2D eigenvalue weighted by atomic mass is 10.1. The normalized spacial score (nSPS) is 16.8. The van der Waals surface area contributed by atoms with Crippen LogP contribution in [0.1, 0.15) is 18.4 Å². The molecule has 1 aromatic carbocycles. The van der Waals surface area contributed by atoms with Crippen LogP contribution in [0.15, 0.2) is 30.3 Å². The largest absolute Gasteiger partial charge is 0.396 e. The maximum atomic E-state index is 12.9. The topological polar surface area (TPSA) is 49.3 Å². The van der Waals surface area contributed by atoms with Gasteiger partial charge in [0.05, 0.1) is 6.61 Å². The number of hydrogen-bond donors (Lipinski definition) is 2. The molecule has 0 aliphatic heterocycles. The van der Waals surface area contributed by atoms with E-state index in [0.717, 1.165) is 12.8 Å². The quantitative estimate of drug-likeness (QED) is 0.781. The summed E-state index contributed by atoms with van der Waals surface area (Å²) in [5.74, 6) is -0.547. The van der Waals surface area contributed by atoms with Gasteiger partial charge < -0.3 is 10.4 Å². The minimum absolute atomic E-state index is 0.0949. The first kappa shape index (κ1) is 12.8. The highest BCUT2D eigenvalue weighted by atomic mass is 19.1. The first-order valence-electron chi connectivity index (χ1n) is 5.96. The second kappa shape index (κ2) is 5.31. The van der Waals surface area contributed by atoms with Gasteiger partial charge in [0.2, 0.25) is 5.91 Å². The molecule has 2 N–H and O–H groups in total. The number of rotatable bonds is 5. The van der Waals surface area contributed by atoms with Gasteiger partial charge in [-0.2, -0.15) is 0 Å². The van der Waals surface area contributed by atoms with Crippen molar-refractivity contribution < 1.29 is 14.3 Å². The molecule has 1 saturated carbocycles. The second-order valence-electron chi connectivity index (χ2n) is 4.76. The van der Waals surface area contributed by atoms with Gasteiger partial charge in [0.25, 0.3) is 0 Å². The Labute approximate surface area is 105 Å². The number of carbonyl (C=O) groups excluding carboxylic acids is 1. The molecule has 2 rings (SSSR count). The van der Waals surface area contributed by atoms with Crippen LogP contribution in [0.4, 0.5) is 4.39 Å². The van der Waals surface area contributed by atoms with Gasteiger partial charge in [-0.05, 0) is 36.6 Å². The lowest BCUT2D eigenvalue weighted by molar-refractivity contribution is -0.116. The lowest BCUT2D eigenvalue weighted by Crippen LogP contribution is -2.30. The van der Waals surface area contributed by atoms with Gasteiger partial charge >= 0.3 is 0 Å². The van der Waals surface area contributed by atoms with Crippen molar-refractivity contribution in [2.45, 2.75) is 12.8 Å². The Balaban J connectivity index is 1.83. The summed E-state index contributed by atoms with van der Waals surface area (Å²) >= 11 is 0. The minimum Gasteiger partial charge on any atom is -0.396 e. The van der Waals surface area contributed by atoms with Gasteiger partial charge in [0.1, 0.15) is 5.82 Å². The summed E-state index contributed by atoms with van der Waals surface area (Å²) in [7, 11) is 0. The molecule has 0 spiro atoms. The number of amides is 1. The van der Waals surface area contributed by atoms with Crippen molar-refractivity contribution in [3.8, 4) is 0 Å². The minimum atomic E-state index is -0.324. The molecule has 0 bridgehead atoms. The van der Waals surface area contributed by atoms with E-state index in [2.05, 4.69) is 5.32 Å². The van der Waals surface area contributed by atoms with Crippen LogP contribution in [0.3, 0.4) is 0 Å². The molecule has 0 aromatic heterocycles. The van der Waals surface area contributed by atoms with Crippen molar-refractivity contribution in [2.75, 3.05) is 13.2 Å². The summed E-state index contributed by atoms with van der Waals surface area (Å²) < 4.78 is 12.9. The Bertz CT molecular complexity index is 467. The van der Waals surface area contributed by atoms with Crippen molar-refractivity contribution in [1.82, 2.24) is 5.32 Å². The van der Waals surface area contributed by atoms with Gasteiger partial charge in [-0.1, -0.05) is 12.1 Å². The fourth-order valence-electron chi connectivity index (χ4n) is 1.68. The highest BCUT2D eigenvalue weighted by Crippen LogP contribution is 2.44. The standard InChI is InChI=1S/C14H16FNO2/c15-12-3-1-2-11(8-12)4-5-13(18)16-9-14(10-17)6-7-14/h1-5,8,17H,6-7,9-10H2,(H,16,18)/b5-4+. The number of carbonyl (C=O) groups is 1. The fourth-order valence-corrected chi connectivity index (χ4v) is 1.68. The summed E-state index contributed by atoms with van der Waals surface area (Å²) in [5, 5.41) is 11.8. The maximum absolute atomic E-state index is 12.9. The fraction of sp³-hybridized carbons (Fsp3) is 0.357. The number of hydrogen-bond acceptors (Lipinski definition) is 2. The molecule has 0 unspecified atom stereocenters. The first-order chi connectivity index (χ1) is 8.63. The van der Waals surface area contributed by atoms with Crippen LogP contribution in [0, 0.1) is 11.2 Å². The van der Waals surface area contributed by atoms with Crippen LogP contribution >= 0.6 is 0 Å². The van der Waals surface area contributed by atoms with E-state index in [0.29, 0.717) is 12.1 Å². The van der Waals surface area contributed by atoms with Crippen LogP contribution in [0.5, 0.6) is 0 Å². The Morgan fingerprint density at radius 2 is 2.28 bits per heavy atom. The number of nitrogens with one attached hydrogen (secondary N) is 1. The van der Waals surface area contributed by atoms with E-state index >= 15 is 0 Å². The smallest absolute Gasteiger partial charge is 0.244 e. The number of aliphatic hydroxyl groups is 1. The zero-order valence-electron chi connectivity index (χ0n) is 10.0. The monoisotopic (exact) mass is 249 g/mol. The van der Waals surface area contributed by atoms with Crippen molar-refractivity contribution in [3.05, 3.63) is 41.7 Å². The molecule has 0 atom stereocenters. The van der Waals surface area contributed by atoms with Gasteiger partial charge in [-0.3, -0.25) is 4.79 Å². The zero-order valence-corrected chi connectivity index (χ0v) is 10.0. The van der Waals surface area contributed by atoms with E-state index in [1.54, 1.807) is 18.2 Å². The summed E-state index contributed by atoms with van der Waals surface area (Å²) in [6, 6.07) is 6.04. The third kappa shape index (κ3) is 3.40. The molecular weight excluding hydrogens is 233 g/mol. The molecule has 3 nitrogen and oxygen atoms in total. The summed E-state index contributed by atoms with van der Waals surface area (Å²) in [6.45, 7) is 0.608. The maximum Gasteiger partial charge on any atom is 0.244 e. The van der Waals surface area contributed by atoms with Crippen LogP contribution in [-0.2, 0) is 4.79 Å². The van der Waals surface area contributed by atoms with Crippen LogP contribution in [-0.4, -0.2) is 24.2 Å². The molecule has 96 valence electrons. The zero-order chi connectivity index (χ0) is 13.0. The van der Waals surface area contributed by atoms with E-state index in [1.807, 2.05) is 0 Å². The Kier molecular flexibility index (Phi) is 3.77. The van der Waals surface area contributed by atoms with Crippen molar-refractivity contribution in [2.24, 2.45) is 5.41 Å². The third-order valence-corrected chi connectivity index (χ3v) is 3.21. The van der Waals surface area contributed by atoms with E-state index in [-0.39, 0.29) is 23.7 Å². The molecule has 1 amide bonds. The Morgan fingerprint density at radius 3 is 2.89 bits per heavy atom. The molecule has 1 aromatic rings. The summed E-state index contributed by atoms with van der Waals surface area (Å²) in [5.41, 5.74) is 0.552. The molecule has 0 heterocycles. The average Bonchev–Trinajstić information content (AvgIpc) is 3.15. The van der Waals surface area contributed by atoms with Crippen molar-refractivity contribution in [1.29, 1.82) is 0 Å². The molecule has 1 aliphatic carbocycles. The average molecular weight is 249 g/mol. The van der Waals surface area contributed by atoms with E-state index in [9.17, 15) is 9.18 Å². The van der Waals surface area contributed by atoms with Crippen LogP contribution in [0.2, 0.25) is 0 Å². The number of aliphatic hydroxyl groups excluding tert-OH is 1. The number of halogens is 1. The highest BCUT2D eigenvalue weighted by molar-refractivity contribution is 5.91. The van der Waals surface area contributed by atoms with Gasteiger partial charge in [0.15, 0.2) is 0 Å². The van der Waals surface area contributed by atoms with E-state index < -0.39 is 0 Å². The van der Waals surface area contributed by atoms with Crippen LogP contribution in [0.25, 0.3) is 6.08 Å². The molecule has 1 aliphatic rings. The first-order valence-corrected chi connectivity index (χ1v) is 5.96.